The molecule has 0 saturated carbocycles. The molecular formula is C23H23N3O2. The minimum absolute atomic E-state index is 0.0321. The van der Waals surface area contributed by atoms with E-state index in [9.17, 15) is 9.59 Å². The maximum Gasteiger partial charge on any atom is 0.271 e. The summed E-state index contributed by atoms with van der Waals surface area (Å²) in [6.45, 7) is 3.81. The van der Waals surface area contributed by atoms with Gasteiger partial charge < -0.3 is 5.32 Å². The molecule has 0 unspecified atom stereocenters. The molecule has 28 heavy (non-hydrogen) atoms. The maximum absolute atomic E-state index is 12.3. The number of hydrogen-bond acceptors (Lipinski definition) is 3. The highest BCUT2D eigenvalue weighted by atomic mass is 16.2. The molecule has 5 nitrogen and oxygen atoms in total. The summed E-state index contributed by atoms with van der Waals surface area (Å²) in [6, 6.07) is 20.9. The van der Waals surface area contributed by atoms with Crippen molar-refractivity contribution in [3.05, 3.63) is 77.9 Å². The molecule has 5 heteroatoms. The Morgan fingerprint density at radius 1 is 0.893 bits per heavy atom. The van der Waals surface area contributed by atoms with Gasteiger partial charge >= 0.3 is 0 Å². The van der Waals surface area contributed by atoms with E-state index in [1.54, 1.807) is 24.3 Å². The van der Waals surface area contributed by atoms with Gasteiger partial charge in [0.25, 0.3) is 5.91 Å². The smallest absolute Gasteiger partial charge is 0.271 e. The van der Waals surface area contributed by atoms with E-state index in [-0.39, 0.29) is 11.8 Å². The largest absolute Gasteiger partial charge is 0.326 e. The summed E-state index contributed by atoms with van der Waals surface area (Å²) in [5.41, 5.74) is 5.41. The molecule has 0 aliphatic heterocycles. The molecule has 0 heterocycles. The number of hydrogen-bond donors (Lipinski definition) is 2. The summed E-state index contributed by atoms with van der Waals surface area (Å²) in [7, 11) is 0. The third-order valence-electron chi connectivity index (χ3n) is 4.40. The van der Waals surface area contributed by atoms with Crippen molar-refractivity contribution in [1.29, 1.82) is 0 Å². The average Bonchev–Trinajstić information content (AvgIpc) is 2.72. The van der Waals surface area contributed by atoms with Gasteiger partial charge in [-0.15, -0.1) is 0 Å². The lowest BCUT2D eigenvalue weighted by Gasteiger charge is -2.07. The zero-order valence-electron chi connectivity index (χ0n) is 16.0. The number of carbonyl (C=O) groups excluding carboxylic acids is 2. The zero-order valence-corrected chi connectivity index (χ0v) is 16.0. The van der Waals surface area contributed by atoms with E-state index >= 15 is 0 Å². The van der Waals surface area contributed by atoms with Crippen molar-refractivity contribution in [2.24, 2.45) is 5.10 Å². The van der Waals surface area contributed by atoms with Gasteiger partial charge in [0.05, 0.1) is 5.71 Å². The second kappa shape index (κ2) is 8.95. The van der Waals surface area contributed by atoms with Gasteiger partial charge in [-0.1, -0.05) is 43.3 Å². The van der Waals surface area contributed by atoms with Gasteiger partial charge in [0.1, 0.15) is 0 Å². The lowest BCUT2D eigenvalue weighted by atomic mass is 10.0. The maximum atomic E-state index is 12.3. The van der Waals surface area contributed by atoms with Gasteiger partial charge in [-0.25, -0.2) is 5.43 Å². The number of fused-ring (bicyclic) bond motifs is 1. The summed E-state index contributed by atoms with van der Waals surface area (Å²) >= 11 is 0. The number of benzene rings is 3. The Morgan fingerprint density at radius 3 is 2.29 bits per heavy atom. The second-order valence-corrected chi connectivity index (χ2v) is 6.58. The van der Waals surface area contributed by atoms with Crippen LogP contribution in [0.1, 0.15) is 42.6 Å². The normalized spacial score (nSPS) is 11.3. The van der Waals surface area contributed by atoms with Gasteiger partial charge in [0.15, 0.2) is 0 Å². The number of rotatable bonds is 6. The van der Waals surface area contributed by atoms with E-state index in [1.807, 2.05) is 50.2 Å². The van der Waals surface area contributed by atoms with E-state index in [4.69, 9.17) is 0 Å². The van der Waals surface area contributed by atoms with E-state index in [1.165, 1.54) is 0 Å². The molecule has 3 rings (SSSR count). The van der Waals surface area contributed by atoms with Crippen LogP contribution in [0.5, 0.6) is 0 Å². The molecule has 2 amide bonds. The zero-order chi connectivity index (χ0) is 19.9. The van der Waals surface area contributed by atoms with Crippen molar-refractivity contribution >= 4 is 34.0 Å². The fourth-order valence-corrected chi connectivity index (χ4v) is 2.83. The molecule has 0 radical (unpaired) electrons. The van der Waals surface area contributed by atoms with E-state index in [0.29, 0.717) is 17.7 Å². The molecule has 0 saturated heterocycles. The van der Waals surface area contributed by atoms with Gasteiger partial charge in [-0.2, -0.15) is 5.10 Å². The molecule has 3 aromatic carbocycles. The van der Waals surface area contributed by atoms with Crippen molar-refractivity contribution in [3.63, 3.8) is 0 Å². The molecule has 0 spiro atoms. The van der Waals surface area contributed by atoms with E-state index < -0.39 is 0 Å². The minimum atomic E-state index is -0.299. The van der Waals surface area contributed by atoms with Crippen molar-refractivity contribution in [2.45, 2.75) is 26.7 Å². The second-order valence-electron chi connectivity index (χ2n) is 6.58. The van der Waals surface area contributed by atoms with Crippen LogP contribution >= 0.6 is 0 Å². The first-order chi connectivity index (χ1) is 13.6. The monoisotopic (exact) mass is 373 g/mol. The molecule has 0 atom stereocenters. The topological polar surface area (TPSA) is 70.6 Å². The number of hydrazone groups is 1. The van der Waals surface area contributed by atoms with Gasteiger partial charge in [-0.05, 0) is 60.0 Å². The van der Waals surface area contributed by atoms with Crippen LogP contribution in [0.25, 0.3) is 10.8 Å². The number of nitrogens with zero attached hydrogens (tertiary/aromatic N) is 1. The Kier molecular flexibility index (Phi) is 6.17. The Hall–Kier alpha value is -3.47. The van der Waals surface area contributed by atoms with Crippen LogP contribution in [-0.4, -0.2) is 17.5 Å². The van der Waals surface area contributed by atoms with Crippen LogP contribution in [-0.2, 0) is 4.79 Å². The first kappa shape index (κ1) is 19.3. The van der Waals surface area contributed by atoms with Crippen molar-refractivity contribution in [3.8, 4) is 0 Å². The Bertz CT molecular complexity index is 1020. The predicted molar refractivity (Wildman–Crippen MR) is 114 cm³/mol. The Morgan fingerprint density at radius 2 is 1.57 bits per heavy atom. The van der Waals surface area contributed by atoms with Crippen molar-refractivity contribution in [2.75, 3.05) is 5.32 Å². The standard InChI is InChI=1S/C23H23N3O2/c1-3-6-22(27)24-21-13-11-18(12-14-21)23(28)26-25-16(2)19-10-9-17-7-4-5-8-20(17)15-19/h4-5,7-15H,3,6H2,1-2H3,(H,24,27)(H,26,28). The van der Waals surface area contributed by atoms with Crippen LogP contribution in [0.15, 0.2) is 71.8 Å². The third-order valence-corrected chi connectivity index (χ3v) is 4.40. The number of amides is 2. The molecule has 2 N–H and O–H groups in total. The summed E-state index contributed by atoms with van der Waals surface area (Å²) in [5.74, 6) is -0.332. The van der Waals surface area contributed by atoms with Gasteiger partial charge in [0.2, 0.25) is 5.91 Å². The fraction of sp³-hybridized carbons (Fsp3) is 0.174. The molecule has 0 aliphatic rings. The molecule has 0 bridgehead atoms. The van der Waals surface area contributed by atoms with Gasteiger partial charge in [-0.3, -0.25) is 9.59 Å². The highest BCUT2D eigenvalue weighted by Crippen LogP contribution is 2.16. The number of anilines is 1. The lowest BCUT2D eigenvalue weighted by molar-refractivity contribution is -0.116. The SMILES string of the molecule is CCCC(=O)Nc1ccc(C(=O)NN=C(C)c2ccc3ccccc3c2)cc1. The highest BCUT2D eigenvalue weighted by molar-refractivity contribution is 6.03. The molecule has 0 fully saturated rings. The lowest BCUT2D eigenvalue weighted by Crippen LogP contribution is -2.19. The quantitative estimate of drug-likeness (QED) is 0.484. The number of carbonyl (C=O) groups is 2. The Balaban J connectivity index is 1.65. The average molecular weight is 373 g/mol. The number of nitrogens with one attached hydrogen (secondary N) is 2. The summed E-state index contributed by atoms with van der Waals surface area (Å²) in [4.78, 5) is 23.9. The van der Waals surface area contributed by atoms with E-state index in [0.717, 1.165) is 28.5 Å². The molecule has 0 aromatic heterocycles. The first-order valence-corrected chi connectivity index (χ1v) is 9.30. The van der Waals surface area contributed by atoms with Crippen molar-refractivity contribution < 1.29 is 9.59 Å². The third kappa shape index (κ3) is 4.82. The van der Waals surface area contributed by atoms with Crippen LogP contribution in [0, 0.1) is 0 Å². The van der Waals surface area contributed by atoms with Crippen molar-refractivity contribution in [1.82, 2.24) is 5.43 Å². The molecule has 142 valence electrons. The van der Waals surface area contributed by atoms with Crippen LogP contribution in [0.4, 0.5) is 5.69 Å². The van der Waals surface area contributed by atoms with Crippen LogP contribution < -0.4 is 10.7 Å². The molecular weight excluding hydrogens is 350 g/mol. The molecule has 3 aromatic rings. The first-order valence-electron chi connectivity index (χ1n) is 9.30. The van der Waals surface area contributed by atoms with Crippen LogP contribution in [0.3, 0.4) is 0 Å². The van der Waals surface area contributed by atoms with E-state index in [2.05, 4.69) is 21.9 Å². The Labute approximate surface area is 164 Å². The van der Waals surface area contributed by atoms with Gasteiger partial charge in [0, 0.05) is 17.7 Å². The summed E-state index contributed by atoms with van der Waals surface area (Å²) < 4.78 is 0. The van der Waals surface area contributed by atoms with Crippen LogP contribution in [0.2, 0.25) is 0 Å². The molecule has 0 aliphatic carbocycles. The highest BCUT2D eigenvalue weighted by Gasteiger charge is 2.07. The minimum Gasteiger partial charge on any atom is -0.326 e. The summed E-state index contributed by atoms with van der Waals surface area (Å²) in [6.07, 6.45) is 1.27. The fourth-order valence-electron chi connectivity index (χ4n) is 2.83. The summed E-state index contributed by atoms with van der Waals surface area (Å²) in [5, 5.41) is 9.30. The predicted octanol–water partition coefficient (Wildman–Crippen LogP) is 4.73.